The minimum atomic E-state index is 0.380. The van der Waals surface area contributed by atoms with Gasteiger partial charge in [0.1, 0.15) is 6.07 Å². The van der Waals surface area contributed by atoms with Crippen molar-refractivity contribution < 1.29 is 0 Å². The Kier molecular flexibility index (Phi) is 3.28. The third kappa shape index (κ3) is 2.94. The molecule has 1 N–H and O–H groups in total. The van der Waals surface area contributed by atoms with E-state index in [0.29, 0.717) is 23.0 Å². The fraction of sp³-hybridized carbons (Fsp3) is 0.615. The van der Waals surface area contributed by atoms with Crippen LogP contribution in [-0.4, -0.2) is 16.0 Å². The Morgan fingerprint density at radius 1 is 1.41 bits per heavy atom. The van der Waals surface area contributed by atoms with E-state index in [1.807, 2.05) is 0 Å². The third-order valence-corrected chi connectivity index (χ3v) is 3.35. The molecule has 1 aromatic heterocycles. The molecule has 1 aliphatic carbocycles. The Morgan fingerprint density at radius 3 is 2.88 bits per heavy atom. The maximum atomic E-state index is 8.96. The Labute approximate surface area is 102 Å². The number of anilines is 1. The number of hydrogen-bond donors (Lipinski definition) is 1. The molecule has 0 spiro atoms. The number of aromatic nitrogens is 2. The number of hydrogen-bond acceptors (Lipinski definition) is 4. The van der Waals surface area contributed by atoms with Crippen molar-refractivity contribution >= 4 is 5.82 Å². The van der Waals surface area contributed by atoms with Gasteiger partial charge in [0, 0.05) is 18.4 Å². The first-order valence-corrected chi connectivity index (χ1v) is 6.08. The second-order valence-corrected chi connectivity index (χ2v) is 5.47. The third-order valence-electron chi connectivity index (χ3n) is 3.35. The summed E-state index contributed by atoms with van der Waals surface area (Å²) in [4.78, 5) is 8.21. The summed E-state index contributed by atoms with van der Waals surface area (Å²) in [5.74, 6) is 0.623. The van der Waals surface area contributed by atoms with Crippen LogP contribution in [0.2, 0.25) is 0 Å². The molecular formula is C13H18N4. The van der Waals surface area contributed by atoms with Gasteiger partial charge in [-0.15, -0.1) is 0 Å². The van der Waals surface area contributed by atoms with E-state index in [1.54, 1.807) is 12.4 Å². The Morgan fingerprint density at radius 2 is 2.18 bits per heavy atom. The molecule has 0 saturated heterocycles. The van der Waals surface area contributed by atoms with Gasteiger partial charge < -0.3 is 5.32 Å². The van der Waals surface area contributed by atoms with Gasteiger partial charge in [-0.3, -0.25) is 0 Å². The lowest BCUT2D eigenvalue weighted by Crippen LogP contribution is -2.32. The van der Waals surface area contributed by atoms with E-state index in [0.717, 1.165) is 12.8 Å². The van der Waals surface area contributed by atoms with E-state index in [4.69, 9.17) is 5.26 Å². The minimum absolute atomic E-state index is 0.380. The summed E-state index contributed by atoms with van der Waals surface area (Å²) in [6.45, 7) is 4.59. The van der Waals surface area contributed by atoms with Gasteiger partial charge in [0.05, 0.1) is 0 Å². The van der Waals surface area contributed by atoms with Gasteiger partial charge in [-0.05, 0) is 24.7 Å². The molecular weight excluding hydrogens is 212 g/mol. The summed E-state index contributed by atoms with van der Waals surface area (Å²) in [7, 11) is 0. The lowest BCUT2D eigenvalue weighted by atomic mass is 9.75. The van der Waals surface area contributed by atoms with E-state index in [2.05, 4.69) is 35.2 Å². The van der Waals surface area contributed by atoms with Crippen LogP contribution in [0, 0.1) is 16.7 Å². The highest BCUT2D eigenvalue weighted by Crippen LogP contribution is 2.36. The van der Waals surface area contributed by atoms with Crippen molar-refractivity contribution in [3.63, 3.8) is 0 Å². The van der Waals surface area contributed by atoms with E-state index in [9.17, 15) is 0 Å². The molecule has 0 aliphatic heterocycles. The monoisotopic (exact) mass is 230 g/mol. The predicted octanol–water partition coefficient (Wildman–Crippen LogP) is 2.73. The van der Waals surface area contributed by atoms with Gasteiger partial charge in [0.15, 0.2) is 11.5 Å². The van der Waals surface area contributed by atoms with Crippen molar-refractivity contribution in [3.8, 4) is 6.07 Å². The lowest BCUT2D eigenvalue weighted by Gasteiger charge is -2.35. The largest absolute Gasteiger partial charge is 0.365 e. The van der Waals surface area contributed by atoms with E-state index < -0.39 is 0 Å². The molecule has 1 unspecified atom stereocenters. The van der Waals surface area contributed by atoms with Crippen LogP contribution >= 0.6 is 0 Å². The molecule has 1 aromatic rings. The number of nitrogens with zero attached hydrogens (tertiary/aromatic N) is 3. The average Bonchev–Trinajstić information content (AvgIpc) is 2.28. The van der Waals surface area contributed by atoms with Crippen LogP contribution in [0.1, 0.15) is 45.2 Å². The van der Waals surface area contributed by atoms with Gasteiger partial charge in [0.25, 0.3) is 0 Å². The first kappa shape index (κ1) is 11.8. The highest BCUT2D eigenvalue weighted by atomic mass is 15.0. The fourth-order valence-corrected chi connectivity index (χ4v) is 2.54. The minimum Gasteiger partial charge on any atom is -0.365 e. The molecule has 0 bridgehead atoms. The van der Waals surface area contributed by atoms with Gasteiger partial charge in [0.2, 0.25) is 0 Å². The van der Waals surface area contributed by atoms with Crippen LogP contribution in [0.4, 0.5) is 5.82 Å². The number of rotatable bonds is 2. The SMILES string of the molecule is CC1(C)CCCC(Nc2nccnc2C#N)C1. The Balaban J connectivity index is 2.08. The van der Waals surface area contributed by atoms with Crippen molar-refractivity contribution in [1.82, 2.24) is 9.97 Å². The highest BCUT2D eigenvalue weighted by Gasteiger charge is 2.28. The summed E-state index contributed by atoms with van der Waals surface area (Å²) in [6, 6.07) is 2.47. The van der Waals surface area contributed by atoms with Crippen molar-refractivity contribution in [1.29, 1.82) is 5.26 Å². The smallest absolute Gasteiger partial charge is 0.182 e. The molecule has 4 nitrogen and oxygen atoms in total. The quantitative estimate of drug-likeness (QED) is 0.848. The zero-order chi connectivity index (χ0) is 12.3. The van der Waals surface area contributed by atoms with Gasteiger partial charge in [-0.25, -0.2) is 9.97 Å². The second-order valence-electron chi connectivity index (χ2n) is 5.47. The highest BCUT2D eigenvalue weighted by molar-refractivity contribution is 5.47. The predicted molar refractivity (Wildman–Crippen MR) is 66.4 cm³/mol. The molecule has 1 saturated carbocycles. The number of nitrogens with one attached hydrogen (secondary N) is 1. The molecule has 1 aliphatic rings. The summed E-state index contributed by atoms with van der Waals surface area (Å²) >= 11 is 0. The van der Waals surface area contributed by atoms with Crippen LogP contribution in [0.25, 0.3) is 0 Å². The van der Waals surface area contributed by atoms with Gasteiger partial charge in [-0.1, -0.05) is 20.3 Å². The summed E-state index contributed by atoms with van der Waals surface area (Å²) < 4.78 is 0. The lowest BCUT2D eigenvalue weighted by molar-refractivity contribution is 0.229. The van der Waals surface area contributed by atoms with Gasteiger partial charge in [-0.2, -0.15) is 5.26 Å². The Bertz CT molecular complexity index is 433. The van der Waals surface area contributed by atoms with Gasteiger partial charge >= 0.3 is 0 Å². The summed E-state index contributed by atoms with van der Waals surface area (Å²) in [5, 5.41) is 12.3. The molecule has 1 heterocycles. The van der Waals surface area contributed by atoms with Crippen LogP contribution in [0.15, 0.2) is 12.4 Å². The molecule has 1 fully saturated rings. The first-order chi connectivity index (χ1) is 8.11. The fourth-order valence-electron chi connectivity index (χ4n) is 2.54. The zero-order valence-corrected chi connectivity index (χ0v) is 10.4. The molecule has 0 amide bonds. The molecule has 4 heteroatoms. The topological polar surface area (TPSA) is 61.6 Å². The first-order valence-electron chi connectivity index (χ1n) is 6.08. The van der Waals surface area contributed by atoms with Crippen molar-refractivity contribution in [2.75, 3.05) is 5.32 Å². The zero-order valence-electron chi connectivity index (χ0n) is 10.4. The second kappa shape index (κ2) is 4.70. The van der Waals surface area contributed by atoms with Crippen molar-refractivity contribution in [3.05, 3.63) is 18.1 Å². The molecule has 17 heavy (non-hydrogen) atoms. The molecule has 0 radical (unpaired) electrons. The molecule has 0 aromatic carbocycles. The van der Waals surface area contributed by atoms with Crippen molar-refractivity contribution in [2.24, 2.45) is 5.41 Å². The molecule has 1 atom stereocenters. The number of nitriles is 1. The van der Waals surface area contributed by atoms with E-state index in [-0.39, 0.29) is 0 Å². The van der Waals surface area contributed by atoms with Crippen LogP contribution < -0.4 is 5.32 Å². The average molecular weight is 230 g/mol. The van der Waals surface area contributed by atoms with E-state index >= 15 is 0 Å². The summed E-state index contributed by atoms with van der Waals surface area (Å²) in [5.41, 5.74) is 0.765. The Hall–Kier alpha value is -1.63. The van der Waals surface area contributed by atoms with Crippen LogP contribution in [0.3, 0.4) is 0 Å². The standard InChI is InChI=1S/C13H18N4/c1-13(2)5-3-4-10(8-13)17-12-11(9-14)15-6-7-16-12/h6-7,10H,3-5,8H2,1-2H3,(H,16,17). The van der Waals surface area contributed by atoms with E-state index in [1.165, 1.54) is 12.8 Å². The molecule has 2 rings (SSSR count). The maximum absolute atomic E-state index is 8.96. The maximum Gasteiger partial charge on any atom is 0.182 e. The normalized spacial score (nSPS) is 22.8. The van der Waals surface area contributed by atoms with Crippen LogP contribution in [0.5, 0.6) is 0 Å². The van der Waals surface area contributed by atoms with Crippen LogP contribution in [-0.2, 0) is 0 Å². The van der Waals surface area contributed by atoms with Crippen molar-refractivity contribution in [2.45, 2.75) is 45.6 Å². The molecule has 90 valence electrons. The summed E-state index contributed by atoms with van der Waals surface area (Å²) in [6.07, 6.45) is 7.94.